The monoisotopic (exact) mass is 805 g/mol. The molecule has 2 aromatic carbocycles. The van der Waals surface area contributed by atoms with Crippen LogP contribution in [-0.2, 0) is 16.0 Å². The molecule has 9 heteroatoms. The third kappa shape index (κ3) is 5.70. The first-order valence-corrected chi connectivity index (χ1v) is 11.6. The number of hydrogen-bond acceptors (Lipinski definition) is 5. The van der Waals surface area contributed by atoms with Crippen LogP contribution in [0.1, 0.15) is 5.56 Å². The maximum Gasteiger partial charge on any atom is 0.322 e. The minimum atomic E-state index is -0.678. The van der Waals surface area contributed by atoms with E-state index in [0.29, 0.717) is 6.42 Å². The Kier molecular flexibility index (Phi) is 8.94. The van der Waals surface area contributed by atoms with Gasteiger partial charge in [0.25, 0.3) is 0 Å². The lowest BCUT2D eigenvalue weighted by molar-refractivity contribution is -0.142. The lowest BCUT2D eigenvalue weighted by Gasteiger charge is -2.15. The van der Waals surface area contributed by atoms with Crippen molar-refractivity contribution >= 4 is 96.3 Å². The Bertz CT molecular complexity index is 782. The van der Waals surface area contributed by atoms with Gasteiger partial charge in [-0.15, -0.1) is 0 Å². The molecule has 0 spiro atoms. The molecule has 0 saturated heterocycles. The van der Waals surface area contributed by atoms with E-state index in [1.807, 2.05) is 24.3 Å². The first kappa shape index (κ1) is 22.7. The van der Waals surface area contributed by atoms with Gasteiger partial charge in [0.1, 0.15) is 17.5 Å². The molecule has 0 bridgehead atoms. The van der Waals surface area contributed by atoms with Crippen molar-refractivity contribution in [1.29, 1.82) is 0 Å². The number of rotatable bonds is 6. The molecular formula is C17H15I4NO4. The van der Waals surface area contributed by atoms with Crippen molar-refractivity contribution in [3.63, 3.8) is 0 Å². The van der Waals surface area contributed by atoms with Crippen LogP contribution in [0.2, 0.25) is 0 Å². The summed E-state index contributed by atoms with van der Waals surface area (Å²) >= 11 is 8.91. The minimum Gasteiger partial charge on any atom is -0.495 e. The third-order valence-electron chi connectivity index (χ3n) is 3.41. The number of methoxy groups -OCH3 is 2. The Morgan fingerprint density at radius 1 is 0.962 bits per heavy atom. The van der Waals surface area contributed by atoms with Gasteiger partial charge in [-0.25, -0.2) is 0 Å². The van der Waals surface area contributed by atoms with E-state index in [9.17, 15) is 4.79 Å². The van der Waals surface area contributed by atoms with Crippen LogP contribution in [0.25, 0.3) is 0 Å². The van der Waals surface area contributed by atoms with E-state index in [-0.39, 0.29) is 0 Å². The number of carbonyl (C=O) groups excluding carboxylic acids is 1. The summed E-state index contributed by atoms with van der Waals surface area (Å²) in [5.74, 6) is 1.95. The summed E-state index contributed by atoms with van der Waals surface area (Å²) in [5.41, 5.74) is 6.82. The predicted molar refractivity (Wildman–Crippen MR) is 134 cm³/mol. The molecule has 2 aromatic rings. The SMILES string of the molecule is COC(=O)C(N)Cc1cc(I)c(Oc2cc(I)c(OC)c(I)c2)c(I)c1. The Balaban J connectivity index is 2.27. The van der Waals surface area contributed by atoms with Crippen molar-refractivity contribution in [2.75, 3.05) is 14.2 Å². The zero-order chi connectivity index (χ0) is 19.4. The van der Waals surface area contributed by atoms with Crippen molar-refractivity contribution in [1.82, 2.24) is 0 Å². The van der Waals surface area contributed by atoms with Gasteiger partial charge < -0.3 is 19.9 Å². The zero-order valence-electron chi connectivity index (χ0n) is 13.8. The molecule has 0 aliphatic heterocycles. The molecule has 0 aromatic heterocycles. The van der Waals surface area contributed by atoms with Gasteiger partial charge in [0.2, 0.25) is 0 Å². The standard InChI is InChI=1S/C17H15I4NO4/c1-24-15-12(20)6-9(7-13(15)21)26-16-10(18)3-8(4-11(16)19)5-14(22)17(23)25-2/h3-4,6-7,14H,5,22H2,1-2H3. The number of halogens is 4. The maximum absolute atomic E-state index is 11.5. The summed E-state index contributed by atoms with van der Waals surface area (Å²) in [4.78, 5) is 11.5. The Labute approximate surface area is 206 Å². The first-order chi connectivity index (χ1) is 12.3. The Morgan fingerprint density at radius 2 is 1.46 bits per heavy atom. The van der Waals surface area contributed by atoms with E-state index in [1.54, 1.807) is 7.11 Å². The van der Waals surface area contributed by atoms with E-state index in [1.165, 1.54) is 7.11 Å². The molecule has 0 aliphatic rings. The predicted octanol–water partition coefficient (Wildman–Crippen LogP) is 4.95. The lowest BCUT2D eigenvalue weighted by Crippen LogP contribution is -2.33. The molecule has 2 rings (SSSR count). The number of benzene rings is 2. The van der Waals surface area contributed by atoms with Crippen LogP contribution in [0.15, 0.2) is 24.3 Å². The average Bonchev–Trinajstić information content (AvgIpc) is 2.57. The largest absolute Gasteiger partial charge is 0.495 e. The van der Waals surface area contributed by atoms with Crippen LogP contribution in [0.3, 0.4) is 0 Å². The molecule has 5 nitrogen and oxygen atoms in total. The molecule has 0 fully saturated rings. The quantitative estimate of drug-likeness (QED) is 0.331. The molecule has 0 aliphatic carbocycles. The fraction of sp³-hybridized carbons (Fsp3) is 0.235. The van der Waals surface area contributed by atoms with Crippen molar-refractivity contribution in [2.24, 2.45) is 5.73 Å². The molecule has 26 heavy (non-hydrogen) atoms. The van der Waals surface area contributed by atoms with Gasteiger partial charge in [-0.3, -0.25) is 4.79 Å². The number of hydrogen-bond donors (Lipinski definition) is 1. The molecule has 140 valence electrons. The highest BCUT2D eigenvalue weighted by molar-refractivity contribution is 14.1. The van der Waals surface area contributed by atoms with Crippen molar-refractivity contribution in [2.45, 2.75) is 12.5 Å². The van der Waals surface area contributed by atoms with E-state index < -0.39 is 12.0 Å². The average molecular weight is 805 g/mol. The summed E-state index contributed by atoms with van der Waals surface area (Å²) in [7, 11) is 2.99. The second-order valence-electron chi connectivity index (χ2n) is 5.24. The summed E-state index contributed by atoms with van der Waals surface area (Å²) in [6, 6.07) is 7.15. The topological polar surface area (TPSA) is 70.8 Å². The van der Waals surface area contributed by atoms with Crippen LogP contribution in [-0.4, -0.2) is 26.2 Å². The molecule has 0 radical (unpaired) electrons. The third-order valence-corrected chi connectivity index (χ3v) is 6.62. The maximum atomic E-state index is 11.5. The Morgan fingerprint density at radius 3 is 1.92 bits per heavy atom. The summed E-state index contributed by atoms with van der Waals surface area (Å²) in [6.45, 7) is 0. The van der Waals surface area contributed by atoms with Gasteiger partial charge in [-0.05, 0) is 127 Å². The molecule has 0 amide bonds. The summed E-state index contributed by atoms with van der Waals surface area (Å²) < 4.78 is 20.1. The second kappa shape index (κ2) is 10.2. The molecular weight excluding hydrogens is 790 g/mol. The summed E-state index contributed by atoms with van der Waals surface area (Å²) in [6.07, 6.45) is 0.414. The fourth-order valence-electron chi connectivity index (χ4n) is 2.22. The van der Waals surface area contributed by atoms with Gasteiger partial charge in [0.05, 0.1) is 28.5 Å². The van der Waals surface area contributed by atoms with E-state index in [2.05, 4.69) is 95.1 Å². The normalized spacial score (nSPS) is 11.8. The van der Waals surface area contributed by atoms with Gasteiger partial charge >= 0.3 is 5.97 Å². The van der Waals surface area contributed by atoms with Gasteiger partial charge in [-0.2, -0.15) is 0 Å². The Hall–Kier alpha value is 0.390. The van der Waals surface area contributed by atoms with Gasteiger partial charge in [-0.1, -0.05) is 0 Å². The highest BCUT2D eigenvalue weighted by Crippen LogP contribution is 2.37. The van der Waals surface area contributed by atoms with E-state index in [0.717, 1.165) is 37.1 Å². The number of carbonyl (C=O) groups is 1. The summed E-state index contributed by atoms with van der Waals surface area (Å²) in [5, 5.41) is 0. The number of esters is 1. The van der Waals surface area contributed by atoms with Crippen LogP contribution >= 0.6 is 90.4 Å². The molecule has 0 heterocycles. The molecule has 1 atom stereocenters. The number of ether oxygens (including phenoxy) is 3. The first-order valence-electron chi connectivity index (χ1n) is 7.29. The highest BCUT2D eigenvalue weighted by atomic mass is 127. The van der Waals surface area contributed by atoms with Crippen LogP contribution < -0.4 is 15.2 Å². The fourth-order valence-corrected chi connectivity index (χ4v) is 6.49. The lowest BCUT2D eigenvalue weighted by atomic mass is 10.1. The smallest absolute Gasteiger partial charge is 0.322 e. The zero-order valence-corrected chi connectivity index (χ0v) is 22.4. The van der Waals surface area contributed by atoms with Crippen LogP contribution in [0, 0.1) is 14.3 Å². The molecule has 2 N–H and O–H groups in total. The van der Waals surface area contributed by atoms with Gasteiger partial charge in [0, 0.05) is 0 Å². The van der Waals surface area contributed by atoms with Crippen LogP contribution in [0.4, 0.5) is 0 Å². The van der Waals surface area contributed by atoms with Crippen molar-refractivity contribution < 1.29 is 19.0 Å². The molecule has 1 unspecified atom stereocenters. The van der Waals surface area contributed by atoms with Crippen molar-refractivity contribution in [3.8, 4) is 17.2 Å². The van der Waals surface area contributed by atoms with E-state index in [4.69, 9.17) is 15.2 Å². The molecule has 0 saturated carbocycles. The minimum absolute atomic E-state index is 0.414. The van der Waals surface area contributed by atoms with Crippen LogP contribution in [0.5, 0.6) is 17.2 Å². The number of nitrogens with two attached hydrogens (primary N) is 1. The second-order valence-corrected chi connectivity index (χ2v) is 9.89. The van der Waals surface area contributed by atoms with Crippen molar-refractivity contribution in [3.05, 3.63) is 44.1 Å². The van der Waals surface area contributed by atoms with Gasteiger partial charge in [0.15, 0.2) is 5.75 Å². The highest BCUT2D eigenvalue weighted by Gasteiger charge is 2.18. The van der Waals surface area contributed by atoms with E-state index >= 15 is 0 Å².